The van der Waals surface area contributed by atoms with Gasteiger partial charge >= 0.3 is 12.1 Å². The lowest BCUT2D eigenvalue weighted by Crippen LogP contribution is -2.45. The van der Waals surface area contributed by atoms with E-state index in [0.717, 1.165) is 11.6 Å². The first-order valence-electron chi connectivity index (χ1n) is 12.6. The number of fused-ring (bicyclic) bond motifs is 1. The molecule has 0 saturated carbocycles. The van der Waals surface area contributed by atoms with Gasteiger partial charge in [0.2, 0.25) is 11.7 Å². The largest absolute Gasteiger partial charge is 0.471 e. The van der Waals surface area contributed by atoms with Gasteiger partial charge in [-0.2, -0.15) is 18.2 Å². The highest BCUT2D eigenvalue weighted by atomic mass is 32.2. The Morgan fingerprint density at radius 3 is 2.36 bits per heavy atom. The molecule has 220 valence electrons. The number of alkyl halides is 3. The number of rotatable bonds is 4. The van der Waals surface area contributed by atoms with E-state index in [1.807, 2.05) is 20.8 Å². The van der Waals surface area contributed by atoms with Gasteiger partial charge in [-0.3, -0.25) is 9.78 Å². The van der Waals surface area contributed by atoms with E-state index in [2.05, 4.69) is 19.6 Å². The zero-order valence-corrected chi connectivity index (χ0v) is 23.4. The fourth-order valence-corrected chi connectivity index (χ4v) is 6.07. The molecule has 2 N–H and O–H groups in total. The molecule has 0 radical (unpaired) electrons. The second-order valence-electron chi connectivity index (χ2n) is 10.9. The summed E-state index contributed by atoms with van der Waals surface area (Å²) in [6.45, 7) is 5.74. The average Bonchev–Trinajstić information content (AvgIpc) is 3.40. The number of hydrogen-bond donors (Lipinski definition) is 1. The van der Waals surface area contributed by atoms with Crippen molar-refractivity contribution in [3.8, 4) is 22.5 Å². The van der Waals surface area contributed by atoms with Crippen molar-refractivity contribution < 1.29 is 35.3 Å². The van der Waals surface area contributed by atoms with Crippen molar-refractivity contribution in [2.45, 2.75) is 49.8 Å². The summed E-state index contributed by atoms with van der Waals surface area (Å²) in [7, 11) is -4.15. The van der Waals surface area contributed by atoms with Crippen molar-refractivity contribution in [1.29, 1.82) is 0 Å². The zero-order chi connectivity index (χ0) is 30.6. The third-order valence-corrected chi connectivity index (χ3v) is 8.59. The molecule has 3 heterocycles. The minimum Gasteiger partial charge on any atom is -0.329 e. The smallest absolute Gasteiger partial charge is 0.329 e. The molecule has 1 aliphatic rings. The number of hydrogen-bond acceptors (Lipinski definition) is 8. The first-order valence-corrected chi connectivity index (χ1v) is 14.3. The summed E-state index contributed by atoms with van der Waals surface area (Å²) in [5.41, 5.74) is 7.58. The number of nitrogens with two attached hydrogens (primary N) is 1. The van der Waals surface area contributed by atoms with E-state index in [1.54, 1.807) is 12.3 Å². The molecular formula is C28H25F4N5O4S. The quantitative estimate of drug-likeness (QED) is 0.326. The van der Waals surface area contributed by atoms with Crippen LogP contribution in [0.4, 0.5) is 23.2 Å². The Hall–Kier alpha value is -4.17. The van der Waals surface area contributed by atoms with Crippen LogP contribution >= 0.6 is 0 Å². The van der Waals surface area contributed by atoms with E-state index < -0.39 is 45.4 Å². The van der Waals surface area contributed by atoms with Crippen molar-refractivity contribution in [3.05, 3.63) is 77.7 Å². The van der Waals surface area contributed by atoms with Crippen LogP contribution in [0.1, 0.15) is 37.8 Å². The second kappa shape index (κ2) is 10.3. The zero-order valence-electron chi connectivity index (χ0n) is 22.6. The molecule has 4 aromatic rings. The molecule has 1 amide bonds. The standard InChI is InChI=1S/C28H25F4N5O4S/c1-27(2,3)18-8-17(11-34-12-18)19-9-22-23(10-20(19)29)42(39,40)14-21(33)25(38)37(22)13-15-4-6-16(7-5-15)24-35-26(41-36-24)28(30,31)32/h4-12,21H,13-14,33H2,1-3H3/t21-/m0/s1. The van der Waals surface area contributed by atoms with Gasteiger partial charge in [0.1, 0.15) is 5.82 Å². The van der Waals surface area contributed by atoms with Crippen LogP contribution in [-0.2, 0) is 32.8 Å². The lowest BCUT2D eigenvalue weighted by atomic mass is 9.87. The van der Waals surface area contributed by atoms with Gasteiger partial charge in [0.25, 0.3) is 0 Å². The number of benzene rings is 2. The summed E-state index contributed by atoms with van der Waals surface area (Å²) in [5.74, 6) is -4.00. The Balaban J connectivity index is 1.56. The molecule has 0 saturated heterocycles. The molecule has 2 aromatic carbocycles. The SMILES string of the molecule is CC(C)(C)c1cncc(-c2cc3c(cc2F)S(=O)(=O)C[C@H](N)C(=O)N3Cc2ccc(-c3noc(C(F)(F)F)n3)cc2)c1. The third-order valence-electron chi connectivity index (χ3n) is 6.79. The molecule has 0 fully saturated rings. The predicted octanol–water partition coefficient (Wildman–Crippen LogP) is 4.90. The second-order valence-corrected chi connectivity index (χ2v) is 12.9. The first-order chi connectivity index (χ1) is 19.5. The Labute approximate surface area is 238 Å². The molecule has 2 aromatic heterocycles. The topological polar surface area (TPSA) is 132 Å². The number of carbonyl (C=O) groups excluding carboxylic acids is 1. The molecule has 14 heteroatoms. The molecule has 0 unspecified atom stereocenters. The molecule has 0 aliphatic carbocycles. The lowest BCUT2D eigenvalue weighted by molar-refractivity contribution is -0.159. The van der Waals surface area contributed by atoms with E-state index in [9.17, 15) is 26.4 Å². The van der Waals surface area contributed by atoms with Crippen LogP contribution in [0.5, 0.6) is 0 Å². The fourth-order valence-electron chi connectivity index (χ4n) is 4.50. The highest BCUT2D eigenvalue weighted by Crippen LogP contribution is 2.38. The van der Waals surface area contributed by atoms with Crippen LogP contribution in [0.15, 0.2) is 64.3 Å². The first kappa shape index (κ1) is 29.3. The number of pyridine rings is 1. The Bertz CT molecular complexity index is 1780. The highest BCUT2D eigenvalue weighted by Gasteiger charge is 2.39. The number of nitrogens with zero attached hydrogens (tertiary/aromatic N) is 4. The number of anilines is 1. The molecule has 0 bridgehead atoms. The molecular weight excluding hydrogens is 578 g/mol. The minimum absolute atomic E-state index is 0.0451. The van der Waals surface area contributed by atoms with Crippen molar-refractivity contribution in [3.63, 3.8) is 0 Å². The van der Waals surface area contributed by atoms with Gasteiger partial charge in [-0.1, -0.05) is 50.2 Å². The van der Waals surface area contributed by atoms with Gasteiger partial charge in [-0.05, 0) is 34.7 Å². The molecule has 42 heavy (non-hydrogen) atoms. The van der Waals surface area contributed by atoms with Gasteiger partial charge in [0.15, 0.2) is 9.84 Å². The van der Waals surface area contributed by atoms with Gasteiger partial charge < -0.3 is 15.2 Å². The molecule has 9 nitrogen and oxygen atoms in total. The Morgan fingerprint density at radius 2 is 1.74 bits per heavy atom. The maximum atomic E-state index is 15.5. The minimum atomic E-state index is -4.80. The monoisotopic (exact) mass is 603 g/mol. The van der Waals surface area contributed by atoms with Crippen LogP contribution < -0.4 is 10.6 Å². The summed E-state index contributed by atoms with van der Waals surface area (Å²) in [6, 6.07) is 8.41. The van der Waals surface area contributed by atoms with E-state index in [-0.39, 0.29) is 39.5 Å². The van der Waals surface area contributed by atoms with E-state index >= 15 is 4.39 Å². The summed E-state index contributed by atoms with van der Waals surface area (Å²) in [6.07, 6.45) is -1.69. The van der Waals surface area contributed by atoms with Crippen molar-refractivity contribution in [2.24, 2.45) is 5.73 Å². The van der Waals surface area contributed by atoms with Crippen LogP contribution in [0.25, 0.3) is 22.5 Å². The number of carbonyl (C=O) groups is 1. The van der Waals surface area contributed by atoms with E-state index in [4.69, 9.17) is 5.73 Å². The molecule has 5 rings (SSSR count). The number of sulfone groups is 1. The van der Waals surface area contributed by atoms with Crippen LogP contribution in [0.2, 0.25) is 0 Å². The average molecular weight is 604 g/mol. The van der Waals surface area contributed by atoms with Crippen molar-refractivity contribution in [1.82, 2.24) is 15.1 Å². The maximum absolute atomic E-state index is 15.5. The van der Waals surface area contributed by atoms with E-state index in [1.165, 1.54) is 41.4 Å². The van der Waals surface area contributed by atoms with E-state index in [0.29, 0.717) is 11.1 Å². The lowest BCUT2D eigenvalue weighted by Gasteiger charge is -2.25. The summed E-state index contributed by atoms with van der Waals surface area (Å²) in [4.78, 5) is 21.8. The van der Waals surface area contributed by atoms with Crippen molar-refractivity contribution in [2.75, 3.05) is 10.7 Å². The summed E-state index contributed by atoms with van der Waals surface area (Å²) < 4.78 is 84.6. The number of aromatic nitrogens is 3. The maximum Gasteiger partial charge on any atom is 0.471 e. The third kappa shape index (κ3) is 5.63. The van der Waals surface area contributed by atoms with Crippen LogP contribution in [0.3, 0.4) is 0 Å². The van der Waals surface area contributed by atoms with Gasteiger partial charge in [-0.25, -0.2) is 12.8 Å². The number of halogens is 4. The van der Waals surface area contributed by atoms with Crippen molar-refractivity contribution >= 4 is 21.4 Å². The Morgan fingerprint density at radius 1 is 1.05 bits per heavy atom. The highest BCUT2D eigenvalue weighted by molar-refractivity contribution is 7.91. The Kier molecular flexibility index (Phi) is 7.18. The molecule has 1 aliphatic heterocycles. The van der Waals surface area contributed by atoms with Gasteiger partial charge in [0.05, 0.1) is 28.9 Å². The molecule has 1 atom stereocenters. The number of amides is 1. The fraction of sp³-hybridized carbons (Fsp3) is 0.286. The van der Waals surface area contributed by atoms with Crippen LogP contribution in [-0.4, -0.2) is 41.2 Å². The van der Waals surface area contributed by atoms with Crippen LogP contribution in [0, 0.1) is 5.82 Å². The summed E-state index contributed by atoms with van der Waals surface area (Å²) in [5, 5.41) is 3.35. The van der Waals surface area contributed by atoms with Gasteiger partial charge in [0, 0.05) is 29.1 Å². The normalized spacial score (nSPS) is 17.2. The van der Waals surface area contributed by atoms with Gasteiger partial charge in [-0.15, -0.1) is 0 Å². The molecule has 0 spiro atoms. The summed E-state index contributed by atoms with van der Waals surface area (Å²) >= 11 is 0. The predicted molar refractivity (Wildman–Crippen MR) is 144 cm³/mol.